The average Bonchev–Trinajstić information content (AvgIpc) is 3.05. The number of pyridine rings is 1. The van der Waals surface area contributed by atoms with Crippen LogP contribution < -0.4 is 10.4 Å². The molecule has 1 N–H and O–H groups in total. The topological polar surface area (TPSA) is 75.0 Å². The summed E-state index contributed by atoms with van der Waals surface area (Å²) in [7, 11) is 0. The molecule has 0 bridgehead atoms. The van der Waals surface area contributed by atoms with Gasteiger partial charge < -0.3 is 14.7 Å². The van der Waals surface area contributed by atoms with E-state index in [4.69, 9.17) is 10.2 Å². The molecule has 10 heteroatoms. The fourth-order valence-electron chi connectivity index (χ4n) is 4.51. The zero-order chi connectivity index (χ0) is 28.0. The highest BCUT2D eigenvalue weighted by molar-refractivity contribution is 7.98. The van der Waals surface area contributed by atoms with Gasteiger partial charge in [0.05, 0.1) is 26.1 Å². The first kappa shape index (κ1) is 16.3. The van der Waals surface area contributed by atoms with E-state index in [-0.39, 0.29) is 47.1 Å². The standard InChI is InChI=1S/C24H19F2N3O4S/c25-16-6-5-13-15(20(16)26)12-34-18-4-2-1-3-14(18)21(13)29-19-11-33-10-9-27(19)24(32)22-23(31)17(30)7-8-28(22)29/h1-8,19,21,31H,9-12H2/t19-,21-/m1/s1/i1D,2D,3D,4D,21D. The normalized spacial score (nSPS) is 25.5. The number of aromatic nitrogens is 1. The van der Waals surface area contributed by atoms with Gasteiger partial charge in [-0.05, 0) is 23.2 Å². The number of morpholine rings is 1. The summed E-state index contributed by atoms with van der Waals surface area (Å²) in [6.45, 7) is -0.0372. The maximum atomic E-state index is 15.3. The minimum atomic E-state index is -2.43. The first-order chi connectivity index (χ1) is 18.5. The van der Waals surface area contributed by atoms with E-state index in [9.17, 15) is 20.5 Å². The number of aromatic hydroxyl groups is 1. The molecular weight excluding hydrogens is 464 g/mol. The Morgan fingerprint density at radius 1 is 1.18 bits per heavy atom. The van der Waals surface area contributed by atoms with Crippen molar-refractivity contribution in [1.82, 2.24) is 9.58 Å². The average molecular weight is 489 g/mol. The molecule has 1 saturated heterocycles. The van der Waals surface area contributed by atoms with Gasteiger partial charge in [-0.3, -0.25) is 19.3 Å². The molecule has 3 aliphatic rings. The van der Waals surface area contributed by atoms with Crippen molar-refractivity contribution in [3.8, 4) is 5.75 Å². The summed E-state index contributed by atoms with van der Waals surface area (Å²) < 4.78 is 80.4. The Kier molecular flexibility index (Phi) is 3.76. The van der Waals surface area contributed by atoms with Gasteiger partial charge in [0.1, 0.15) is 6.17 Å². The molecule has 0 radical (unpaired) electrons. The van der Waals surface area contributed by atoms with E-state index >= 15 is 4.39 Å². The van der Waals surface area contributed by atoms with Crippen LogP contribution in [0.4, 0.5) is 8.78 Å². The second-order valence-electron chi connectivity index (χ2n) is 7.85. The summed E-state index contributed by atoms with van der Waals surface area (Å²) in [5, 5.41) is 11.9. The summed E-state index contributed by atoms with van der Waals surface area (Å²) in [5.41, 5.74) is -1.97. The van der Waals surface area contributed by atoms with E-state index in [0.717, 1.165) is 34.8 Å². The molecule has 2 atom stereocenters. The number of rotatable bonds is 1. The number of benzene rings is 2. The summed E-state index contributed by atoms with van der Waals surface area (Å²) in [6, 6.07) is -1.72. The van der Waals surface area contributed by atoms with Crippen molar-refractivity contribution in [2.24, 2.45) is 0 Å². The minimum Gasteiger partial charge on any atom is -0.502 e. The number of nitrogens with zero attached hydrogens (tertiary/aromatic N) is 3. The predicted molar refractivity (Wildman–Crippen MR) is 120 cm³/mol. The lowest BCUT2D eigenvalue weighted by molar-refractivity contribution is -0.0197. The number of ether oxygens (including phenoxy) is 1. The highest BCUT2D eigenvalue weighted by Gasteiger charge is 2.46. The molecule has 0 unspecified atom stereocenters. The highest BCUT2D eigenvalue weighted by Crippen LogP contribution is 2.45. The minimum absolute atomic E-state index is 0.0115. The van der Waals surface area contributed by atoms with Gasteiger partial charge in [0, 0.05) is 35.0 Å². The van der Waals surface area contributed by atoms with Crippen LogP contribution >= 0.6 is 11.8 Å². The van der Waals surface area contributed by atoms with E-state index in [1.807, 2.05) is 0 Å². The zero-order valence-electron chi connectivity index (χ0n) is 22.4. The van der Waals surface area contributed by atoms with Crippen LogP contribution in [0.25, 0.3) is 0 Å². The van der Waals surface area contributed by atoms with Gasteiger partial charge in [-0.25, -0.2) is 8.78 Å². The van der Waals surface area contributed by atoms with E-state index in [1.165, 1.54) is 16.0 Å². The third-order valence-corrected chi connectivity index (χ3v) is 7.09. The summed E-state index contributed by atoms with van der Waals surface area (Å²) in [4.78, 5) is 27.0. The Hall–Kier alpha value is -3.37. The van der Waals surface area contributed by atoms with Crippen molar-refractivity contribution < 1.29 is 30.3 Å². The van der Waals surface area contributed by atoms with E-state index in [1.54, 1.807) is 0 Å². The third-order valence-electron chi connectivity index (χ3n) is 6.07. The Labute approximate surface area is 204 Å². The molecule has 3 aliphatic heterocycles. The van der Waals surface area contributed by atoms with Crippen LogP contribution in [-0.4, -0.2) is 46.5 Å². The number of hydrogen-bond donors (Lipinski definition) is 1. The fraction of sp³-hybridized carbons (Fsp3) is 0.250. The quantitative estimate of drug-likeness (QED) is 0.568. The molecule has 1 amide bonds. The molecule has 4 heterocycles. The molecule has 1 fully saturated rings. The van der Waals surface area contributed by atoms with Gasteiger partial charge >= 0.3 is 0 Å². The lowest BCUT2D eigenvalue weighted by Gasteiger charge is -2.51. The van der Waals surface area contributed by atoms with Crippen LogP contribution in [0.1, 0.15) is 40.1 Å². The molecule has 0 aliphatic carbocycles. The summed E-state index contributed by atoms with van der Waals surface area (Å²) >= 11 is 0.837. The molecule has 0 spiro atoms. The van der Waals surface area contributed by atoms with Crippen LogP contribution in [0.15, 0.2) is 58.3 Å². The lowest BCUT2D eigenvalue weighted by atomic mass is 9.93. The summed E-state index contributed by atoms with van der Waals surface area (Å²) in [5.74, 6) is -4.28. The number of carbonyl (C=O) groups is 1. The fourth-order valence-corrected chi connectivity index (χ4v) is 5.50. The molecule has 3 aromatic rings. The van der Waals surface area contributed by atoms with Gasteiger partial charge in [-0.1, -0.05) is 24.2 Å². The van der Waals surface area contributed by atoms with Crippen molar-refractivity contribution >= 4 is 17.7 Å². The summed E-state index contributed by atoms with van der Waals surface area (Å²) in [6.07, 6.45) is 0.0639. The van der Waals surface area contributed by atoms with Crippen LogP contribution in [0.2, 0.25) is 0 Å². The second-order valence-corrected chi connectivity index (χ2v) is 8.83. The predicted octanol–water partition coefficient (Wildman–Crippen LogP) is 2.98. The Morgan fingerprint density at radius 3 is 2.85 bits per heavy atom. The van der Waals surface area contributed by atoms with Crippen LogP contribution in [-0.2, 0) is 10.5 Å². The van der Waals surface area contributed by atoms with Crippen molar-refractivity contribution in [3.63, 3.8) is 0 Å². The maximum absolute atomic E-state index is 15.3. The van der Waals surface area contributed by atoms with Crippen LogP contribution in [0.5, 0.6) is 5.75 Å². The Balaban J connectivity index is 1.79. The largest absolute Gasteiger partial charge is 0.502 e. The number of carbonyl (C=O) groups excluding carboxylic acids is 1. The lowest BCUT2D eigenvalue weighted by Crippen LogP contribution is -2.66. The number of amides is 1. The molecule has 2 aromatic carbocycles. The first-order valence-electron chi connectivity index (χ1n) is 12.8. The maximum Gasteiger partial charge on any atom is 0.278 e. The van der Waals surface area contributed by atoms with Crippen molar-refractivity contribution in [2.75, 3.05) is 24.8 Å². The van der Waals surface area contributed by atoms with Gasteiger partial charge in [-0.15, -0.1) is 11.8 Å². The van der Waals surface area contributed by atoms with Crippen molar-refractivity contribution in [3.05, 3.63) is 92.8 Å². The monoisotopic (exact) mass is 488 g/mol. The molecule has 0 saturated carbocycles. The van der Waals surface area contributed by atoms with Gasteiger partial charge in [0.15, 0.2) is 23.1 Å². The second kappa shape index (κ2) is 7.85. The zero-order valence-corrected chi connectivity index (χ0v) is 18.2. The van der Waals surface area contributed by atoms with Gasteiger partial charge in [-0.2, -0.15) is 0 Å². The van der Waals surface area contributed by atoms with E-state index in [0.29, 0.717) is 0 Å². The number of halogens is 2. The molecular formula is C24H19F2N3O4S. The SMILES string of the molecule is [2H]c1c([2H])c([2H])c2c(c1[2H])SCc1c(ccc(F)c1F)[C@@]2([2H])N1[C@@H]2COCCN2C(=O)c2c(O)c(=O)ccn21. The molecule has 34 heavy (non-hydrogen) atoms. The number of hydrogen-bond acceptors (Lipinski definition) is 6. The first-order valence-corrected chi connectivity index (χ1v) is 11.3. The molecule has 174 valence electrons. The van der Waals surface area contributed by atoms with Crippen LogP contribution in [0.3, 0.4) is 0 Å². The van der Waals surface area contributed by atoms with Crippen LogP contribution in [0, 0.1) is 11.6 Å². The molecule has 6 rings (SSSR count). The molecule has 1 aromatic heterocycles. The Morgan fingerprint density at radius 2 is 2.00 bits per heavy atom. The van der Waals surface area contributed by atoms with Crippen molar-refractivity contribution in [1.29, 1.82) is 0 Å². The number of fused-ring (bicyclic) bond motifs is 4. The third kappa shape index (κ3) is 2.98. The number of thioether (sulfide) groups is 1. The highest BCUT2D eigenvalue weighted by atomic mass is 32.2. The van der Waals surface area contributed by atoms with Gasteiger partial charge in [0.2, 0.25) is 5.43 Å². The molecule has 7 nitrogen and oxygen atoms in total. The van der Waals surface area contributed by atoms with Gasteiger partial charge in [0.25, 0.3) is 5.91 Å². The van der Waals surface area contributed by atoms with E-state index < -0.39 is 70.8 Å². The smallest absolute Gasteiger partial charge is 0.278 e. The van der Waals surface area contributed by atoms with Crippen molar-refractivity contribution in [2.45, 2.75) is 22.8 Å². The Bertz CT molecular complexity index is 1660. The van der Waals surface area contributed by atoms with E-state index in [2.05, 4.69) is 0 Å².